The highest BCUT2D eigenvalue weighted by Crippen LogP contribution is 1.87. The van der Waals surface area contributed by atoms with Crippen LogP contribution in [0.25, 0.3) is 0 Å². The van der Waals surface area contributed by atoms with Gasteiger partial charge in [-0.05, 0) is 0 Å². The van der Waals surface area contributed by atoms with Crippen molar-refractivity contribution in [1.82, 2.24) is 0 Å². The zero-order valence-electron chi connectivity index (χ0n) is 5.58. The van der Waals surface area contributed by atoms with Crippen LogP contribution in [0.3, 0.4) is 0 Å². The summed E-state index contributed by atoms with van der Waals surface area (Å²) in [6, 6.07) is 0. The van der Waals surface area contributed by atoms with Crippen molar-refractivity contribution < 1.29 is 24.2 Å². The smallest absolute Gasteiger partial charge is 0.479 e. The van der Waals surface area contributed by atoms with E-state index in [-0.39, 0.29) is 6.61 Å². The first kappa shape index (κ1) is 10.5. The van der Waals surface area contributed by atoms with Crippen LogP contribution in [0.5, 0.6) is 0 Å². The summed E-state index contributed by atoms with van der Waals surface area (Å²) >= 11 is 2.01. The molecule has 1 N–H and O–H groups in total. The van der Waals surface area contributed by atoms with Gasteiger partial charge >= 0.3 is 12.1 Å². The molecule has 0 saturated heterocycles. The highest BCUT2D eigenvalue weighted by molar-refractivity contribution is 14.1. The van der Waals surface area contributed by atoms with Gasteiger partial charge in [0.05, 0.1) is 0 Å². The summed E-state index contributed by atoms with van der Waals surface area (Å²) in [7, 11) is 0. The van der Waals surface area contributed by atoms with E-state index in [1.165, 1.54) is 0 Å². The van der Waals surface area contributed by atoms with Crippen LogP contribution in [0.1, 0.15) is 0 Å². The Bertz CT molecular complexity index is 146. The molecule has 0 radical (unpaired) electrons. The minimum Gasteiger partial charge on any atom is -0.479 e. The van der Waals surface area contributed by atoms with Crippen LogP contribution in [0.15, 0.2) is 0 Å². The number of aliphatic carboxylic acids is 1. The number of hydrogen-bond acceptors (Lipinski definition) is 4. The van der Waals surface area contributed by atoms with E-state index in [0.717, 1.165) is 0 Å². The maximum absolute atomic E-state index is 10.4. The molecule has 0 rings (SSSR count). The van der Waals surface area contributed by atoms with Crippen LogP contribution in [-0.2, 0) is 14.3 Å². The summed E-state index contributed by atoms with van der Waals surface area (Å²) in [5.74, 6) is -1.20. The molecule has 0 aromatic heterocycles. The van der Waals surface area contributed by atoms with E-state index in [9.17, 15) is 9.59 Å². The van der Waals surface area contributed by atoms with Gasteiger partial charge in [-0.25, -0.2) is 9.59 Å². The van der Waals surface area contributed by atoms with E-state index in [1.54, 1.807) is 0 Å². The minimum atomic E-state index is -1.20. The van der Waals surface area contributed by atoms with Gasteiger partial charge in [0.1, 0.15) is 6.61 Å². The fourth-order valence-electron chi connectivity index (χ4n) is 0.284. The van der Waals surface area contributed by atoms with Crippen LogP contribution in [0.4, 0.5) is 4.79 Å². The van der Waals surface area contributed by atoms with Crippen LogP contribution in [-0.4, -0.2) is 34.9 Å². The molecule has 6 heteroatoms. The summed E-state index contributed by atoms with van der Waals surface area (Å²) in [5, 5.41) is 8.05. The van der Waals surface area contributed by atoms with Gasteiger partial charge in [0.25, 0.3) is 0 Å². The number of carboxylic acid groups (broad SMARTS) is 1. The van der Waals surface area contributed by atoms with Crippen LogP contribution < -0.4 is 0 Å². The molecule has 0 atom stereocenters. The van der Waals surface area contributed by atoms with Gasteiger partial charge in [-0.15, -0.1) is 0 Å². The first-order valence-corrected chi connectivity index (χ1v) is 4.26. The Balaban J connectivity index is 3.30. The summed E-state index contributed by atoms with van der Waals surface area (Å²) in [6.07, 6.45) is -0.941. The lowest BCUT2D eigenvalue weighted by atomic mass is 10.7. The van der Waals surface area contributed by atoms with E-state index in [0.29, 0.717) is 4.43 Å². The van der Waals surface area contributed by atoms with E-state index < -0.39 is 18.7 Å². The second-order valence-corrected chi connectivity index (χ2v) is 2.55. The predicted molar refractivity (Wildman–Crippen MR) is 43.8 cm³/mol. The van der Waals surface area contributed by atoms with Crippen molar-refractivity contribution in [2.75, 3.05) is 17.6 Å². The van der Waals surface area contributed by atoms with E-state index in [4.69, 9.17) is 5.11 Å². The first-order valence-electron chi connectivity index (χ1n) is 2.74. The lowest BCUT2D eigenvalue weighted by Gasteiger charge is -2.00. The molecule has 0 aromatic rings. The van der Waals surface area contributed by atoms with Gasteiger partial charge in [0.15, 0.2) is 6.61 Å². The van der Waals surface area contributed by atoms with E-state index in [2.05, 4.69) is 9.47 Å². The lowest BCUT2D eigenvalue weighted by molar-refractivity contribution is -0.141. The Hall–Kier alpha value is -0.530. The molecule has 0 spiro atoms. The molecule has 0 amide bonds. The van der Waals surface area contributed by atoms with Crippen molar-refractivity contribution in [3.8, 4) is 0 Å². The van der Waals surface area contributed by atoms with Crippen molar-refractivity contribution in [2.24, 2.45) is 0 Å². The molecule has 0 aliphatic heterocycles. The van der Waals surface area contributed by atoms with Crippen molar-refractivity contribution in [1.29, 1.82) is 0 Å². The van der Waals surface area contributed by atoms with Gasteiger partial charge in [-0.1, -0.05) is 22.6 Å². The molecular weight excluding hydrogens is 267 g/mol. The largest absolute Gasteiger partial charge is 0.508 e. The second kappa shape index (κ2) is 6.20. The molecule has 0 aliphatic rings. The zero-order chi connectivity index (χ0) is 8.69. The third-order valence-electron chi connectivity index (χ3n) is 0.611. The molecule has 0 heterocycles. The van der Waals surface area contributed by atoms with Crippen LogP contribution in [0.2, 0.25) is 0 Å². The highest BCUT2D eigenvalue weighted by Gasteiger charge is 2.05. The van der Waals surface area contributed by atoms with Crippen molar-refractivity contribution in [2.45, 2.75) is 0 Å². The molecule has 11 heavy (non-hydrogen) atoms. The van der Waals surface area contributed by atoms with Gasteiger partial charge in [-0.2, -0.15) is 0 Å². The number of carboxylic acids is 1. The topological polar surface area (TPSA) is 72.8 Å². The Morgan fingerprint density at radius 3 is 2.45 bits per heavy atom. The molecule has 0 unspecified atom stereocenters. The van der Waals surface area contributed by atoms with E-state index >= 15 is 0 Å². The normalized spacial score (nSPS) is 8.82. The summed E-state index contributed by atoms with van der Waals surface area (Å²) in [4.78, 5) is 20.2. The Morgan fingerprint density at radius 1 is 1.36 bits per heavy atom. The SMILES string of the molecule is O=C(O)COC(=O)OCCI. The van der Waals surface area contributed by atoms with Gasteiger partial charge in [0.2, 0.25) is 0 Å². The zero-order valence-corrected chi connectivity index (χ0v) is 7.74. The summed E-state index contributed by atoms with van der Waals surface area (Å²) in [6.45, 7) is -0.418. The quantitative estimate of drug-likeness (QED) is 0.463. The molecule has 5 nitrogen and oxygen atoms in total. The lowest BCUT2D eigenvalue weighted by Crippen LogP contribution is -2.14. The third kappa shape index (κ3) is 7.37. The van der Waals surface area contributed by atoms with Crippen molar-refractivity contribution in [3.05, 3.63) is 0 Å². The molecule has 0 aromatic carbocycles. The highest BCUT2D eigenvalue weighted by atomic mass is 127. The maximum Gasteiger partial charge on any atom is 0.508 e. The van der Waals surface area contributed by atoms with E-state index in [1.807, 2.05) is 22.6 Å². The number of halogens is 1. The Labute approximate surface area is 76.8 Å². The first-order chi connectivity index (χ1) is 5.16. The number of hydrogen-bond donors (Lipinski definition) is 1. The average molecular weight is 274 g/mol. The van der Waals surface area contributed by atoms with Crippen LogP contribution in [0, 0.1) is 0 Å². The maximum atomic E-state index is 10.4. The Morgan fingerprint density at radius 2 is 2.00 bits per heavy atom. The third-order valence-corrected chi connectivity index (χ3v) is 1.05. The number of rotatable bonds is 4. The van der Waals surface area contributed by atoms with Gasteiger partial charge in [0, 0.05) is 4.43 Å². The molecule has 0 saturated carbocycles. The van der Waals surface area contributed by atoms with Gasteiger partial charge in [-0.3, -0.25) is 0 Å². The Kier molecular flexibility index (Phi) is 5.90. The van der Waals surface area contributed by atoms with Crippen molar-refractivity contribution >= 4 is 34.7 Å². The minimum absolute atomic E-state index is 0.235. The summed E-state index contributed by atoms with van der Waals surface area (Å²) < 4.78 is 9.20. The summed E-state index contributed by atoms with van der Waals surface area (Å²) in [5.41, 5.74) is 0. The van der Waals surface area contributed by atoms with Crippen LogP contribution >= 0.6 is 22.6 Å². The molecule has 64 valence electrons. The fraction of sp³-hybridized carbons (Fsp3) is 0.600. The monoisotopic (exact) mass is 274 g/mol. The van der Waals surface area contributed by atoms with Gasteiger partial charge < -0.3 is 14.6 Å². The fourth-order valence-corrected chi connectivity index (χ4v) is 0.504. The number of carbonyl (C=O) groups is 2. The molecule has 0 aliphatic carbocycles. The predicted octanol–water partition coefficient (Wildman–Crippen LogP) is 0.659. The number of alkyl halides is 1. The molecule has 0 fully saturated rings. The molecular formula is C5H7IO5. The standard InChI is InChI=1S/C5H7IO5/c6-1-2-10-5(9)11-3-4(7)8/h1-3H2,(H,7,8). The average Bonchev–Trinajstić information content (AvgIpc) is 1.97. The molecule has 0 bridgehead atoms. The van der Waals surface area contributed by atoms with Crippen molar-refractivity contribution in [3.63, 3.8) is 0 Å². The number of carbonyl (C=O) groups excluding carboxylic acids is 1. The number of ether oxygens (including phenoxy) is 2. The second-order valence-electron chi connectivity index (χ2n) is 1.47.